The fraction of sp³-hybridized carbons (Fsp3) is 0.667. The molecule has 0 radical (unpaired) electrons. The Morgan fingerprint density at radius 1 is 0.952 bits per heavy atom. The molecule has 0 heterocycles. The maximum Gasteiger partial charge on any atom is 0.119 e. The van der Waals surface area contributed by atoms with Gasteiger partial charge in [-0.1, -0.05) is 39.3 Å². The van der Waals surface area contributed by atoms with Gasteiger partial charge in [0, 0.05) is 19.6 Å². The van der Waals surface area contributed by atoms with Crippen LogP contribution in [0.15, 0.2) is 24.3 Å². The first-order valence-electron chi connectivity index (χ1n) is 8.32. The maximum absolute atomic E-state index is 5.69. The van der Waals surface area contributed by atoms with Crippen LogP contribution in [0.4, 0.5) is 0 Å². The SMILES string of the molecule is CCCCOc1ccc(CN(C)CCN(CC)CC)cc1. The van der Waals surface area contributed by atoms with Crippen molar-refractivity contribution in [1.82, 2.24) is 9.80 Å². The van der Waals surface area contributed by atoms with Crippen LogP contribution < -0.4 is 4.74 Å². The standard InChI is InChI=1S/C18H32N2O/c1-5-8-15-21-18-11-9-17(10-12-18)16-19(4)13-14-20(6-2)7-3/h9-12H,5-8,13-16H2,1-4H3. The molecule has 0 unspecified atom stereocenters. The third-order valence-corrected chi connectivity index (χ3v) is 3.83. The fourth-order valence-corrected chi connectivity index (χ4v) is 2.27. The van der Waals surface area contributed by atoms with Gasteiger partial charge in [0.05, 0.1) is 6.61 Å². The minimum absolute atomic E-state index is 0.819. The fourth-order valence-electron chi connectivity index (χ4n) is 2.27. The number of hydrogen-bond acceptors (Lipinski definition) is 3. The van der Waals surface area contributed by atoms with Crippen LogP contribution in [0.5, 0.6) is 5.75 Å². The summed E-state index contributed by atoms with van der Waals surface area (Å²) in [6.07, 6.45) is 2.30. The molecule has 0 atom stereocenters. The van der Waals surface area contributed by atoms with Gasteiger partial charge in [-0.25, -0.2) is 0 Å². The monoisotopic (exact) mass is 292 g/mol. The maximum atomic E-state index is 5.69. The van der Waals surface area contributed by atoms with Crippen LogP contribution in [-0.4, -0.2) is 49.6 Å². The van der Waals surface area contributed by atoms with E-state index in [9.17, 15) is 0 Å². The molecule has 0 aliphatic heterocycles. The molecule has 0 spiro atoms. The summed E-state index contributed by atoms with van der Waals surface area (Å²) in [5.74, 6) is 0.984. The van der Waals surface area contributed by atoms with Crippen LogP contribution in [0.25, 0.3) is 0 Å². The average Bonchev–Trinajstić information content (AvgIpc) is 2.50. The quantitative estimate of drug-likeness (QED) is 0.579. The predicted octanol–water partition coefficient (Wildman–Crippen LogP) is 3.64. The summed E-state index contributed by atoms with van der Waals surface area (Å²) < 4.78 is 5.69. The van der Waals surface area contributed by atoms with Crippen molar-refractivity contribution in [2.75, 3.05) is 39.8 Å². The highest BCUT2D eigenvalue weighted by atomic mass is 16.5. The lowest BCUT2D eigenvalue weighted by Gasteiger charge is -2.23. The Hall–Kier alpha value is -1.06. The van der Waals surface area contributed by atoms with E-state index in [1.54, 1.807) is 0 Å². The molecule has 0 N–H and O–H groups in total. The number of unbranched alkanes of at least 4 members (excludes halogenated alkanes) is 1. The van der Waals surface area contributed by atoms with E-state index in [0.717, 1.165) is 51.5 Å². The zero-order valence-electron chi connectivity index (χ0n) is 14.3. The number of benzene rings is 1. The summed E-state index contributed by atoms with van der Waals surface area (Å²) in [5.41, 5.74) is 1.35. The summed E-state index contributed by atoms with van der Waals surface area (Å²) in [7, 11) is 2.19. The van der Waals surface area contributed by atoms with E-state index in [-0.39, 0.29) is 0 Å². The second kappa shape index (κ2) is 10.6. The number of hydrogen-bond donors (Lipinski definition) is 0. The van der Waals surface area contributed by atoms with E-state index in [1.807, 2.05) is 0 Å². The van der Waals surface area contributed by atoms with Crippen molar-refractivity contribution in [2.45, 2.75) is 40.2 Å². The zero-order chi connectivity index (χ0) is 15.5. The van der Waals surface area contributed by atoms with Gasteiger partial charge in [-0.2, -0.15) is 0 Å². The van der Waals surface area contributed by atoms with Crippen LogP contribution in [0.2, 0.25) is 0 Å². The molecule has 0 fully saturated rings. The van der Waals surface area contributed by atoms with Gasteiger partial charge in [-0.15, -0.1) is 0 Å². The first kappa shape index (κ1) is 18.0. The molecule has 0 aromatic heterocycles. The van der Waals surface area contributed by atoms with E-state index in [2.05, 4.69) is 61.9 Å². The molecule has 0 aliphatic rings. The molecule has 3 heteroatoms. The third-order valence-electron chi connectivity index (χ3n) is 3.83. The summed E-state index contributed by atoms with van der Waals surface area (Å²) >= 11 is 0. The number of nitrogens with zero attached hydrogens (tertiary/aromatic N) is 2. The van der Waals surface area contributed by atoms with Gasteiger partial charge < -0.3 is 14.5 Å². The summed E-state index contributed by atoms with van der Waals surface area (Å²) in [5, 5.41) is 0. The predicted molar refractivity (Wildman–Crippen MR) is 91.0 cm³/mol. The Kier molecular flexibility index (Phi) is 9.11. The Balaban J connectivity index is 2.33. The van der Waals surface area contributed by atoms with Crippen molar-refractivity contribution in [3.63, 3.8) is 0 Å². The van der Waals surface area contributed by atoms with Crippen molar-refractivity contribution in [3.8, 4) is 5.75 Å². The van der Waals surface area contributed by atoms with Gasteiger partial charge in [-0.3, -0.25) is 0 Å². The Bertz CT molecular complexity index is 360. The molecule has 0 amide bonds. The van der Waals surface area contributed by atoms with Crippen LogP contribution >= 0.6 is 0 Å². The molecule has 0 saturated heterocycles. The summed E-state index contributed by atoms with van der Waals surface area (Å²) in [4.78, 5) is 4.84. The van der Waals surface area contributed by atoms with Crippen LogP contribution in [0, 0.1) is 0 Å². The molecular weight excluding hydrogens is 260 g/mol. The van der Waals surface area contributed by atoms with Gasteiger partial charge >= 0.3 is 0 Å². The van der Waals surface area contributed by atoms with Crippen LogP contribution in [0.3, 0.4) is 0 Å². The highest BCUT2D eigenvalue weighted by Gasteiger charge is 2.04. The average molecular weight is 292 g/mol. The summed E-state index contributed by atoms with van der Waals surface area (Å²) in [6, 6.07) is 8.52. The van der Waals surface area contributed by atoms with Gasteiger partial charge in [0.1, 0.15) is 5.75 Å². The molecule has 0 saturated carbocycles. The molecule has 3 nitrogen and oxygen atoms in total. The molecule has 1 aromatic carbocycles. The van der Waals surface area contributed by atoms with E-state index in [1.165, 1.54) is 12.0 Å². The Morgan fingerprint density at radius 3 is 2.19 bits per heavy atom. The van der Waals surface area contributed by atoms with Gasteiger partial charge in [-0.05, 0) is 44.3 Å². The highest BCUT2D eigenvalue weighted by Crippen LogP contribution is 2.13. The van der Waals surface area contributed by atoms with Crippen molar-refractivity contribution in [1.29, 1.82) is 0 Å². The first-order valence-corrected chi connectivity index (χ1v) is 8.32. The van der Waals surface area contributed by atoms with E-state index < -0.39 is 0 Å². The lowest BCUT2D eigenvalue weighted by atomic mass is 10.2. The van der Waals surface area contributed by atoms with Crippen LogP contribution in [0.1, 0.15) is 39.2 Å². The lowest BCUT2D eigenvalue weighted by Crippen LogP contribution is -2.32. The second-order valence-corrected chi connectivity index (χ2v) is 5.61. The van der Waals surface area contributed by atoms with Crippen molar-refractivity contribution in [2.24, 2.45) is 0 Å². The Labute approximate surface area is 130 Å². The first-order chi connectivity index (χ1) is 10.2. The summed E-state index contributed by atoms with van der Waals surface area (Å²) in [6.45, 7) is 13.0. The minimum Gasteiger partial charge on any atom is -0.494 e. The molecule has 0 bridgehead atoms. The largest absolute Gasteiger partial charge is 0.494 e. The molecule has 21 heavy (non-hydrogen) atoms. The highest BCUT2D eigenvalue weighted by molar-refractivity contribution is 5.27. The minimum atomic E-state index is 0.819. The van der Waals surface area contributed by atoms with Gasteiger partial charge in [0.2, 0.25) is 0 Å². The molecule has 1 aromatic rings. The van der Waals surface area contributed by atoms with Gasteiger partial charge in [0.15, 0.2) is 0 Å². The molecular formula is C18H32N2O. The topological polar surface area (TPSA) is 15.7 Å². The number of likely N-dealkylation sites (N-methyl/N-ethyl adjacent to an activating group) is 2. The molecule has 120 valence electrons. The van der Waals surface area contributed by atoms with E-state index in [4.69, 9.17) is 4.74 Å². The van der Waals surface area contributed by atoms with Crippen molar-refractivity contribution < 1.29 is 4.74 Å². The lowest BCUT2D eigenvalue weighted by molar-refractivity contribution is 0.236. The van der Waals surface area contributed by atoms with E-state index in [0.29, 0.717) is 0 Å². The van der Waals surface area contributed by atoms with Crippen molar-refractivity contribution >= 4 is 0 Å². The van der Waals surface area contributed by atoms with Gasteiger partial charge in [0.25, 0.3) is 0 Å². The number of ether oxygens (including phenoxy) is 1. The second-order valence-electron chi connectivity index (χ2n) is 5.61. The van der Waals surface area contributed by atoms with E-state index >= 15 is 0 Å². The van der Waals surface area contributed by atoms with Crippen molar-refractivity contribution in [3.05, 3.63) is 29.8 Å². The smallest absolute Gasteiger partial charge is 0.119 e. The molecule has 0 aliphatic carbocycles. The number of rotatable bonds is 11. The third kappa shape index (κ3) is 7.49. The van der Waals surface area contributed by atoms with Crippen LogP contribution in [-0.2, 0) is 6.54 Å². The zero-order valence-corrected chi connectivity index (χ0v) is 14.3. The Morgan fingerprint density at radius 2 is 1.62 bits per heavy atom. The normalized spacial score (nSPS) is 11.3. The molecule has 1 rings (SSSR count).